The minimum absolute atomic E-state index is 0.118. The number of carbonyl (C=O) groups is 3. The van der Waals surface area contributed by atoms with Crippen molar-refractivity contribution in [3.63, 3.8) is 0 Å². The predicted molar refractivity (Wildman–Crippen MR) is 157 cm³/mol. The van der Waals surface area contributed by atoms with Crippen molar-refractivity contribution in [1.29, 1.82) is 0 Å². The molecule has 0 spiro atoms. The molecule has 220 valence electrons. The highest BCUT2D eigenvalue weighted by Gasteiger charge is 2.37. The summed E-state index contributed by atoms with van der Waals surface area (Å²) in [5.41, 5.74) is 1.09. The third-order valence-electron chi connectivity index (χ3n) is 5.75. The van der Waals surface area contributed by atoms with Crippen LogP contribution in [0, 0.1) is 31.0 Å². The Hall–Kier alpha value is -3.35. The minimum Gasteiger partial charge on any atom is -0.493 e. The van der Waals surface area contributed by atoms with Crippen LogP contribution in [0.15, 0.2) is 47.2 Å². The summed E-state index contributed by atoms with van der Waals surface area (Å²) in [6.07, 6.45) is 11.9. The maximum atomic E-state index is 12.8. The van der Waals surface area contributed by atoms with Crippen LogP contribution >= 0.6 is 11.6 Å². The van der Waals surface area contributed by atoms with Gasteiger partial charge in [-0.1, -0.05) is 29.3 Å². The van der Waals surface area contributed by atoms with Gasteiger partial charge in [-0.2, -0.15) is 0 Å². The number of allylic oxidation sites excluding steroid dienone is 3. The molecule has 1 unspecified atom stereocenters. The normalized spacial score (nSPS) is 13.7. The van der Waals surface area contributed by atoms with Gasteiger partial charge in [0.2, 0.25) is 17.7 Å². The van der Waals surface area contributed by atoms with E-state index in [-0.39, 0.29) is 42.7 Å². The molecule has 1 aliphatic rings. The zero-order chi connectivity index (χ0) is 29.9. The van der Waals surface area contributed by atoms with E-state index in [1.54, 1.807) is 32.2 Å². The van der Waals surface area contributed by atoms with E-state index in [0.29, 0.717) is 43.3 Å². The highest BCUT2D eigenvalue weighted by Crippen LogP contribution is 2.33. The SMILES string of the molecule is C#CCCCNC(=O)CNC(=O)CN(C)C(=O)C(NCCOC(/C=C(\C)Cl)=C/C)C1CC1.Cc1ccc(F)cc1. The second kappa shape index (κ2) is 19.7. The van der Waals surface area contributed by atoms with Crippen LogP contribution in [0.2, 0.25) is 0 Å². The van der Waals surface area contributed by atoms with E-state index < -0.39 is 5.91 Å². The maximum absolute atomic E-state index is 12.8. The van der Waals surface area contributed by atoms with Crippen molar-refractivity contribution in [2.75, 3.05) is 39.8 Å². The number of hydrogen-bond donors (Lipinski definition) is 3. The summed E-state index contributed by atoms with van der Waals surface area (Å²) in [5.74, 6) is 2.42. The lowest BCUT2D eigenvalue weighted by atomic mass is 10.1. The maximum Gasteiger partial charge on any atom is 0.240 e. The van der Waals surface area contributed by atoms with E-state index in [4.69, 9.17) is 22.8 Å². The number of terminal acetylenes is 1. The summed E-state index contributed by atoms with van der Waals surface area (Å²) in [6, 6.07) is 6.03. The lowest BCUT2D eigenvalue weighted by Gasteiger charge is -2.24. The molecule has 10 heteroatoms. The van der Waals surface area contributed by atoms with Gasteiger partial charge in [-0.15, -0.1) is 12.3 Å². The van der Waals surface area contributed by atoms with Crippen LogP contribution in [0.3, 0.4) is 0 Å². The van der Waals surface area contributed by atoms with Gasteiger partial charge in [-0.05, 0) is 70.2 Å². The number of amides is 3. The molecule has 1 fully saturated rings. The topological polar surface area (TPSA) is 99.8 Å². The Labute approximate surface area is 242 Å². The van der Waals surface area contributed by atoms with Crippen LogP contribution in [-0.2, 0) is 19.1 Å². The fourth-order valence-corrected chi connectivity index (χ4v) is 3.56. The fourth-order valence-electron chi connectivity index (χ4n) is 3.45. The summed E-state index contributed by atoms with van der Waals surface area (Å²) in [5, 5.41) is 9.08. The number of carbonyl (C=O) groups excluding carboxylic acids is 3. The van der Waals surface area contributed by atoms with Crippen molar-refractivity contribution in [1.82, 2.24) is 20.9 Å². The third-order valence-corrected chi connectivity index (χ3v) is 5.86. The molecule has 2 rings (SSSR count). The molecule has 1 aromatic carbocycles. The first-order valence-corrected chi connectivity index (χ1v) is 13.8. The minimum atomic E-state index is -0.390. The smallest absolute Gasteiger partial charge is 0.240 e. The molecule has 3 N–H and O–H groups in total. The van der Waals surface area contributed by atoms with Gasteiger partial charge >= 0.3 is 0 Å². The van der Waals surface area contributed by atoms with E-state index in [2.05, 4.69) is 21.9 Å². The van der Waals surface area contributed by atoms with E-state index in [9.17, 15) is 18.8 Å². The molecule has 0 radical (unpaired) electrons. The van der Waals surface area contributed by atoms with Crippen molar-refractivity contribution in [2.24, 2.45) is 5.92 Å². The van der Waals surface area contributed by atoms with Crippen LogP contribution in [-0.4, -0.2) is 68.5 Å². The van der Waals surface area contributed by atoms with Crippen LogP contribution in [0.5, 0.6) is 0 Å². The van der Waals surface area contributed by atoms with Crippen molar-refractivity contribution < 1.29 is 23.5 Å². The number of benzene rings is 1. The molecule has 1 aromatic rings. The average molecular weight is 577 g/mol. The van der Waals surface area contributed by atoms with Gasteiger partial charge in [-0.25, -0.2) is 4.39 Å². The molecule has 8 nitrogen and oxygen atoms in total. The predicted octanol–water partition coefficient (Wildman–Crippen LogP) is 3.66. The van der Waals surface area contributed by atoms with Crippen molar-refractivity contribution in [3.05, 3.63) is 58.6 Å². The van der Waals surface area contributed by atoms with Crippen LogP contribution in [0.1, 0.15) is 45.1 Å². The molecule has 1 saturated carbocycles. The summed E-state index contributed by atoms with van der Waals surface area (Å²) in [4.78, 5) is 38.1. The van der Waals surface area contributed by atoms with Crippen LogP contribution < -0.4 is 16.0 Å². The van der Waals surface area contributed by atoms with Gasteiger partial charge in [0.15, 0.2) is 0 Å². The number of nitrogens with one attached hydrogen (secondary N) is 3. The van der Waals surface area contributed by atoms with Gasteiger partial charge in [0.25, 0.3) is 0 Å². The zero-order valence-corrected chi connectivity index (χ0v) is 24.7. The van der Waals surface area contributed by atoms with Gasteiger partial charge < -0.3 is 25.6 Å². The standard InChI is InChI=1S/C23H35ClN4O4.C7H7F/c1-5-7-8-11-25-20(29)15-27-21(30)16-28(4)23(31)22(18-9-10-18)26-12-13-32-19(6-2)14-17(3)24;1-6-2-4-7(8)5-3-6/h1,6,14,18,22,26H,7-13,15-16H2,2-4H3,(H,25,29)(H,27,30);2-5H,1H3/b17-14+,19-6+;. The molecule has 1 atom stereocenters. The van der Waals surface area contributed by atoms with Crippen molar-refractivity contribution in [3.8, 4) is 12.3 Å². The molecule has 0 saturated heterocycles. The number of aryl methyl sites for hydroxylation is 1. The fraction of sp³-hybridized carbons (Fsp3) is 0.500. The monoisotopic (exact) mass is 576 g/mol. The van der Waals surface area contributed by atoms with Crippen molar-refractivity contribution >= 4 is 29.3 Å². The molecule has 3 amide bonds. The van der Waals surface area contributed by atoms with Gasteiger partial charge in [-0.3, -0.25) is 14.4 Å². The summed E-state index contributed by atoms with van der Waals surface area (Å²) in [6.45, 7) is 6.64. The molecule has 0 bridgehead atoms. The Morgan fingerprint density at radius 1 is 1.20 bits per heavy atom. The first kappa shape index (κ1) is 34.7. The molecule has 0 aromatic heterocycles. The summed E-state index contributed by atoms with van der Waals surface area (Å²) < 4.78 is 17.7. The molecule has 0 aliphatic heterocycles. The van der Waals surface area contributed by atoms with Gasteiger partial charge in [0.1, 0.15) is 18.2 Å². The second-order valence-electron chi connectivity index (χ2n) is 9.46. The highest BCUT2D eigenvalue weighted by atomic mass is 35.5. The van der Waals surface area contributed by atoms with E-state index in [1.165, 1.54) is 17.0 Å². The highest BCUT2D eigenvalue weighted by molar-refractivity contribution is 6.29. The summed E-state index contributed by atoms with van der Waals surface area (Å²) >= 11 is 5.87. The molecule has 40 heavy (non-hydrogen) atoms. The molecular formula is C30H42ClFN4O4. The Kier molecular flexibility index (Phi) is 17.1. The Balaban J connectivity index is 0.000000850. The third kappa shape index (κ3) is 15.9. The Bertz CT molecular complexity index is 1020. The molecule has 1 aliphatic carbocycles. The van der Waals surface area contributed by atoms with Crippen LogP contribution in [0.25, 0.3) is 0 Å². The number of likely N-dealkylation sites (N-methyl/N-ethyl adjacent to an activating group) is 1. The quantitative estimate of drug-likeness (QED) is 0.128. The first-order chi connectivity index (χ1) is 19.1. The number of halogens is 2. The van der Waals surface area contributed by atoms with Gasteiger partial charge in [0.05, 0.1) is 19.1 Å². The lowest BCUT2D eigenvalue weighted by Crippen LogP contribution is -2.50. The Morgan fingerprint density at radius 2 is 1.88 bits per heavy atom. The average Bonchev–Trinajstić information content (AvgIpc) is 3.76. The Morgan fingerprint density at radius 3 is 2.42 bits per heavy atom. The molecular weight excluding hydrogens is 535 g/mol. The number of nitrogens with zero attached hydrogens (tertiary/aromatic N) is 1. The first-order valence-electron chi connectivity index (χ1n) is 13.4. The second-order valence-corrected chi connectivity index (χ2v) is 10.1. The number of unbranched alkanes of at least 4 members (excludes halogenated alkanes) is 1. The van der Waals surface area contributed by atoms with Crippen molar-refractivity contribution in [2.45, 2.75) is 52.5 Å². The molecule has 0 heterocycles. The number of ether oxygens (including phenoxy) is 1. The lowest BCUT2D eigenvalue weighted by molar-refractivity contribution is -0.137. The number of rotatable bonds is 15. The summed E-state index contributed by atoms with van der Waals surface area (Å²) in [7, 11) is 1.58. The largest absolute Gasteiger partial charge is 0.493 e. The zero-order valence-electron chi connectivity index (χ0n) is 23.9. The van der Waals surface area contributed by atoms with E-state index in [1.807, 2.05) is 19.9 Å². The van der Waals surface area contributed by atoms with Crippen LogP contribution in [0.4, 0.5) is 4.39 Å². The van der Waals surface area contributed by atoms with E-state index >= 15 is 0 Å². The number of hydrogen-bond acceptors (Lipinski definition) is 5. The van der Waals surface area contributed by atoms with E-state index in [0.717, 1.165) is 18.4 Å². The van der Waals surface area contributed by atoms with Gasteiger partial charge in [0, 0.05) is 31.6 Å².